The monoisotopic (exact) mass is 573 g/mol. The molecule has 3 aliphatic rings. The molecule has 6 rings (SSSR count). The Labute approximate surface area is 249 Å². The van der Waals surface area contributed by atoms with Gasteiger partial charge in [0.05, 0.1) is 45.1 Å². The number of methoxy groups -OCH3 is 2. The van der Waals surface area contributed by atoms with E-state index >= 15 is 0 Å². The van der Waals surface area contributed by atoms with Gasteiger partial charge in [-0.2, -0.15) is 0 Å². The number of ether oxygens (including phenoxy) is 5. The van der Waals surface area contributed by atoms with Crippen molar-refractivity contribution in [1.29, 1.82) is 0 Å². The zero-order valence-electron chi connectivity index (χ0n) is 24.8. The maximum atomic E-state index is 6.56. The van der Waals surface area contributed by atoms with Crippen molar-refractivity contribution in [3.63, 3.8) is 0 Å². The Morgan fingerprint density at radius 2 is 1.76 bits per heavy atom. The molecule has 3 aromatic rings. The molecule has 2 fully saturated rings. The van der Waals surface area contributed by atoms with Gasteiger partial charge in [-0.15, -0.1) is 0 Å². The van der Waals surface area contributed by atoms with Crippen LogP contribution in [0.3, 0.4) is 0 Å². The molecule has 42 heavy (non-hydrogen) atoms. The minimum absolute atomic E-state index is 0.111. The Morgan fingerprint density at radius 1 is 0.952 bits per heavy atom. The standard InChI is InChI=1S/C34H43N3O5/c1-38-18-3-16-36-17-19-40-33-13-4-25(20-32(33)36)24-41-34-21-35-15-14-31(34)26-5-9-29(10-6-26)42-30-22-37(23-30)27-7-11-28(39-2)12-8-27/h4-13,20,30-31,34-35H,3,14-19,21-24H2,1-2H3. The van der Waals surface area contributed by atoms with Gasteiger partial charge in [-0.05, 0) is 79.0 Å². The van der Waals surface area contributed by atoms with E-state index in [4.69, 9.17) is 23.7 Å². The third kappa shape index (κ3) is 6.77. The van der Waals surface area contributed by atoms with Crippen LogP contribution in [0.5, 0.6) is 17.2 Å². The Kier molecular flexibility index (Phi) is 9.33. The lowest BCUT2D eigenvalue weighted by molar-refractivity contribution is 0.0106. The van der Waals surface area contributed by atoms with Crippen LogP contribution in [0.25, 0.3) is 0 Å². The summed E-state index contributed by atoms with van der Waals surface area (Å²) in [6.07, 6.45) is 2.36. The number of nitrogens with zero attached hydrogens (tertiary/aromatic N) is 2. The van der Waals surface area contributed by atoms with Crippen molar-refractivity contribution in [1.82, 2.24) is 5.32 Å². The van der Waals surface area contributed by atoms with Gasteiger partial charge in [-0.3, -0.25) is 0 Å². The lowest BCUT2D eigenvalue weighted by atomic mass is 9.87. The smallest absolute Gasteiger partial charge is 0.142 e. The molecule has 2 unspecified atom stereocenters. The van der Waals surface area contributed by atoms with Crippen LogP contribution in [-0.4, -0.2) is 78.9 Å². The van der Waals surface area contributed by atoms with Crippen LogP contribution in [-0.2, 0) is 16.1 Å². The van der Waals surface area contributed by atoms with E-state index in [9.17, 15) is 0 Å². The van der Waals surface area contributed by atoms with E-state index in [-0.39, 0.29) is 12.2 Å². The highest BCUT2D eigenvalue weighted by molar-refractivity contribution is 5.61. The molecular weight excluding hydrogens is 530 g/mol. The molecule has 3 heterocycles. The van der Waals surface area contributed by atoms with E-state index in [1.54, 1.807) is 14.2 Å². The van der Waals surface area contributed by atoms with E-state index < -0.39 is 0 Å². The Morgan fingerprint density at radius 3 is 2.55 bits per heavy atom. The molecule has 0 aliphatic carbocycles. The van der Waals surface area contributed by atoms with Crippen LogP contribution in [0.2, 0.25) is 0 Å². The summed E-state index contributed by atoms with van der Waals surface area (Å²) in [6.45, 7) is 7.55. The molecule has 0 spiro atoms. The highest BCUT2D eigenvalue weighted by atomic mass is 16.5. The molecule has 3 aliphatic heterocycles. The van der Waals surface area contributed by atoms with Crippen molar-refractivity contribution in [2.45, 2.75) is 37.6 Å². The van der Waals surface area contributed by atoms with Crippen molar-refractivity contribution < 1.29 is 23.7 Å². The third-order valence-corrected chi connectivity index (χ3v) is 8.55. The lowest BCUT2D eigenvalue weighted by Crippen LogP contribution is -2.54. The number of anilines is 2. The first kappa shape index (κ1) is 28.6. The van der Waals surface area contributed by atoms with Gasteiger partial charge in [0.25, 0.3) is 0 Å². The van der Waals surface area contributed by atoms with E-state index in [2.05, 4.69) is 69.7 Å². The quantitative estimate of drug-likeness (QED) is 0.308. The number of benzene rings is 3. The topological polar surface area (TPSA) is 64.7 Å². The molecule has 1 N–H and O–H groups in total. The molecule has 0 aromatic heterocycles. The van der Waals surface area contributed by atoms with Gasteiger partial charge >= 0.3 is 0 Å². The number of rotatable bonds is 12. The van der Waals surface area contributed by atoms with Gasteiger partial charge in [0.15, 0.2) is 0 Å². The predicted molar refractivity (Wildman–Crippen MR) is 166 cm³/mol. The average Bonchev–Trinajstić information content (AvgIpc) is 3.02. The molecule has 0 radical (unpaired) electrons. The molecule has 0 saturated carbocycles. The number of hydrogen-bond donors (Lipinski definition) is 1. The SMILES string of the molecule is COCCCN1CCOc2ccc(COC3CNCCC3c3ccc(OC4CN(c5ccc(OC)cc5)C4)cc3)cc21. The molecule has 224 valence electrons. The van der Waals surface area contributed by atoms with E-state index in [0.29, 0.717) is 12.5 Å². The molecule has 3 aromatic carbocycles. The summed E-state index contributed by atoms with van der Waals surface area (Å²) >= 11 is 0. The minimum atomic E-state index is 0.111. The summed E-state index contributed by atoms with van der Waals surface area (Å²) in [5, 5.41) is 3.53. The molecule has 2 atom stereocenters. The van der Waals surface area contributed by atoms with E-state index in [1.807, 2.05) is 12.1 Å². The first-order valence-corrected chi connectivity index (χ1v) is 15.2. The first-order valence-electron chi connectivity index (χ1n) is 15.2. The van der Waals surface area contributed by atoms with Gasteiger partial charge in [-0.1, -0.05) is 18.2 Å². The molecule has 2 saturated heterocycles. The van der Waals surface area contributed by atoms with Crippen LogP contribution in [0.15, 0.2) is 66.7 Å². The normalized spacial score (nSPS) is 20.4. The van der Waals surface area contributed by atoms with Gasteiger partial charge in [-0.25, -0.2) is 0 Å². The highest BCUT2D eigenvalue weighted by Gasteiger charge is 2.30. The summed E-state index contributed by atoms with van der Waals surface area (Å²) in [4.78, 5) is 4.72. The van der Waals surface area contributed by atoms with E-state index in [1.165, 1.54) is 16.8 Å². The van der Waals surface area contributed by atoms with Gasteiger partial charge in [0, 0.05) is 38.4 Å². The number of hydrogen-bond acceptors (Lipinski definition) is 8. The predicted octanol–water partition coefficient (Wildman–Crippen LogP) is 4.86. The highest BCUT2D eigenvalue weighted by Crippen LogP contribution is 2.34. The van der Waals surface area contributed by atoms with Crippen molar-refractivity contribution in [2.24, 2.45) is 0 Å². The summed E-state index contributed by atoms with van der Waals surface area (Å²) in [5.41, 5.74) is 4.84. The molecular formula is C34H43N3O5. The van der Waals surface area contributed by atoms with Crippen LogP contribution in [0.4, 0.5) is 11.4 Å². The van der Waals surface area contributed by atoms with Crippen molar-refractivity contribution in [3.05, 3.63) is 77.9 Å². The van der Waals surface area contributed by atoms with Gasteiger partial charge < -0.3 is 38.8 Å². The largest absolute Gasteiger partial charge is 0.497 e. The fraction of sp³-hybridized carbons (Fsp3) is 0.471. The van der Waals surface area contributed by atoms with Crippen molar-refractivity contribution in [3.8, 4) is 17.2 Å². The molecule has 0 amide bonds. The van der Waals surface area contributed by atoms with Gasteiger partial charge in [0.2, 0.25) is 0 Å². The second-order valence-corrected chi connectivity index (χ2v) is 11.3. The minimum Gasteiger partial charge on any atom is -0.497 e. The fourth-order valence-corrected chi connectivity index (χ4v) is 6.13. The fourth-order valence-electron chi connectivity index (χ4n) is 6.13. The summed E-state index contributed by atoms with van der Waals surface area (Å²) in [5.74, 6) is 3.11. The first-order chi connectivity index (χ1) is 20.7. The number of piperidine rings is 1. The van der Waals surface area contributed by atoms with Gasteiger partial charge in [0.1, 0.15) is 30.0 Å². The summed E-state index contributed by atoms with van der Waals surface area (Å²) < 4.78 is 29.3. The summed E-state index contributed by atoms with van der Waals surface area (Å²) in [6, 6.07) is 23.3. The zero-order chi connectivity index (χ0) is 28.7. The number of nitrogens with one attached hydrogen (secondary N) is 1. The third-order valence-electron chi connectivity index (χ3n) is 8.55. The van der Waals surface area contributed by atoms with Crippen molar-refractivity contribution in [2.75, 3.05) is 76.5 Å². The Balaban J connectivity index is 1.02. The lowest BCUT2D eigenvalue weighted by Gasteiger charge is -2.40. The maximum Gasteiger partial charge on any atom is 0.142 e. The van der Waals surface area contributed by atoms with Crippen LogP contribution >= 0.6 is 0 Å². The zero-order valence-corrected chi connectivity index (χ0v) is 24.8. The van der Waals surface area contributed by atoms with Crippen LogP contribution in [0, 0.1) is 0 Å². The molecule has 0 bridgehead atoms. The second-order valence-electron chi connectivity index (χ2n) is 11.3. The molecule has 8 nitrogen and oxygen atoms in total. The van der Waals surface area contributed by atoms with E-state index in [0.717, 1.165) is 88.3 Å². The Hall–Kier alpha value is -3.46. The average molecular weight is 574 g/mol. The Bertz CT molecular complexity index is 1280. The van der Waals surface area contributed by atoms with Crippen LogP contribution in [0.1, 0.15) is 29.9 Å². The second kappa shape index (κ2) is 13.7. The van der Waals surface area contributed by atoms with Crippen LogP contribution < -0.4 is 29.3 Å². The summed E-state index contributed by atoms with van der Waals surface area (Å²) in [7, 11) is 3.45. The maximum absolute atomic E-state index is 6.56. The van der Waals surface area contributed by atoms with Crippen molar-refractivity contribution >= 4 is 11.4 Å². The molecule has 8 heteroatoms. The number of fused-ring (bicyclic) bond motifs is 1.